The van der Waals surface area contributed by atoms with Crippen LogP contribution in [0.3, 0.4) is 0 Å². The van der Waals surface area contributed by atoms with E-state index in [1.165, 1.54) is 0 Å². The van der Waals surface area contributed by atoms with Gasteiger partial charge < -0.3 is 4.74 Å². The average Bonchev–Trinajstić information content (AvgIpc) is 3.28. The second kappa shape index (κ2) is 6.18. The molecule has 2 heteroatoms. The Morgan fingerprint density at radius 1 is 0.517 bits per heavy atom. The topological polar surface area (TPSA) is 26.3 Å². The second-order valence-electron chi connectivity index (χ2n) is 7.60. The van der Waals surface area contributed by atoms with E-state index in [1.54, 1.807) is 0 Å². The Bertz CT molecular complexity index is 1180. The highest BCUT2D eigenvalue weighted by Gasteiger charge is 2.38. The van der Waals surface area contributed by atoms with Crippen LogP contribution < -0.4 is 0 Å². The first-order valence-corrected chi connectivity index (χ1v) is 9.90. The van der Waals surface area contributed by atoms with Crippen molar-refractivity contribution < 1.29 is 9.53 Å². The molecule has 0 aromatic heterocycles. The molecule has 138 valence electrons. The molecule has 0 saturated carbocycles. The van der Waals surface area contributed by atoms with Crippen LogP contribution in [0, 0.1) is 0 Å². The summed E-state index contributed by atoms with van der Waals surface area (Å²) in [6.07, 6.45) is -0.366. The van der Waals surface area contributed by atoms with Crippen LogP contribution in [0.1, 0.15) is 34.3 Å². The Morgan fingerprint density at radius 2 is 0.862 bits per heavy atom. The molecule has 29 heavy (non-hydrogen) atoms. The van der Waals surface area contributed by atoms with Gasteiger partial charge in [0, 0.05) is 11.1 Å². The van der Waals surface area contributed by atoms with Gasteiger partial charge in [-0.25, -0.2) is 0 Å². The molecule has 0 spiro atoms. The standard InChI is InChI=1S/C27H18O2/c28-27(25-21-13-5-1-9-17(21)18-10-2-6-14-22(18)25)29-26-23-15-7-3-11-19(23)20-12-4-8-16-24(20)26/h1-16,25-26H. The largest absolute Gasteiger partial charge is 0.452 e. The summed E-state index contributed by atoms with van der Waals surface area (Å²) >= 11 is 0. The number of carbonyl (C=O) groups excluding carboxylic acids is 1. The Balaban J connectivity index is 1.43. The summed E-state index contributed by atoms with van der Waals surface area (Å²) in [7, 11) is 0. The summed E-state index contributed by atoms with van der Waals surface area (Å²) in [5, 5.41) is 0. The molecule has 0 amide bonds. The van der Waals surface area contributed by atoms with Gasteiger partial charge in [-0.2, -0.15) is 0 Å². The van der Waals surface area contributed by atoms with Crippen molar-refractivity contribution in [2.75, 3.05) is 0 Å². The summed E-state index contributed by atoms with van der Waals surface area (Å²) in [6, 6.07) is 32.7. The summed E-state index contributed by atoms with van der Waals surface area (Å²) < 4.78 is 6.22. The van der Waals surface area contributed by atoms with Crippen LogP contribution >= 0.6 is 0 Å². The minimum Gasteiger partial charge on any atom is -0.452 e. The minimum atomic E-state index is -0.387. The lowest BCUT2D eigenvalue weighted by Crippen LogP contribution is -2.18. The molecule has 0 radical (unpaired) electrons. The molecule has 2 aliphatic carbocycles. The van der Waals surface area contributed by atoms with Gasteiger partial charge in [0.05, 0.1) is 0 Å². The van der Waals surface area contributed by atoms with Gasteiger partial charge in [0.1, 0.15) is 5.92 Å². The second-order valence-corrected chi connectivity index (χ2v) is 7.60. The molecule has 6 rings (SSSR count). The Morgan fingerprint density at radius 3 is 1.31 bits per heavy atom. The van der Waals surface area contributed by atoms with Crippen LogP contribution in [0.25, 0.3) is 22.3 Å². The molecule has 0 atom stereocenters. The van der Waals surface area contributed by atoms with Gasteiger partial charge in [0.15, 0.2) is 6.10 Å². The lowest BCUT2D eigenvalue weighted by atomic mass is 9.97. The highest BCUT2D eigenvalue weighted by molar-refractivity contribution is 5.94. The average molecular weight is 374 g/mol. The number of rotatable bonds is 2. The van der Waals surface area contributed by atoms with Crippen LogP contribution in [-0.2, 0) is 9.53 Å². The highest BCUT2D eigenvalue weighted by atomic mass is 16.5. The molecule has 0 fully saturated rings. The van der Waals surface area contributed by atoms with Crippen molar-refractivity contribution in [2.45, 2.75) is 12.0 Å². The van der Waals surface area contributed by atoms with Crippen LogP contribution in [-0.4, -0.2) is 5.97 Å². The minimum absolute atomic E-state index is 0.195. The molecule has 4 aromatic carbocycles. The lowest BCUT2D eigenvalue weighted by molar-refractivity contribution is -0.148. The van der Waals surface area contributed by atoms with Gasteiger partial charge in [-0.3, -0.25) is 4.79 Å². The SMILES string of the molecule is O=C(OC1c2ccccc2-c2ccccc21)C1c2ccccc2-c2ccccc21. The predicted molar refractivity (Wildman–Crippen MR) is 114 cm³/mol. The molecule has 4 aromatic rings. The summed E-state index contributed by atoms with van der Waals surface area (Å²) in [5.74, 6) is -0.582. The predicted octanol–water partition coefficient (Wildman–Crippen LogP) is 6.11. The molecular weight excluding hydrogens is 356 g/mol. The smallest absolute Gasteiger partial charge is 0.318 e. The maximum Gasteiger partial charge on any atom is 0.318 e. The molecule has 2 nitrogen and oxygen atoms in total. The van der Waals surface area contributed by atoms with Gasteiger partial charge >= 0.3 is 5.97 Å². The van der Waals surface area contributed by atoms with Crippen molar-refractivity contribution in [3.05, 3.63) is 119 Å². The number of carbonyl (C=O) groups is 1. The molecular formula is C27H18O2. The summed E-state index contributed by atoms with van der Waals surface area (Å²) in [4.78, 5) is 13.5. The van der Waals surface area contributed by atoms with E-state index in [-0.39, 0.29) is 18.0 Å². The zero-order chi connectivity index (χ0) is 19.4. The Kier molecular flexibility index (Phi) is 3.48. The third-order valence-electron chi connectivity index (χ3n) is 6.08. The highest BCUT2D eigenvalue weighted by Crippen LogP contribution is 2.49. The van der Waals surface area contributed by atoms with Crippen molar-refractivity contribution in [3.8, 4) is 22.3 Å². The molecule has 2 aliphatic rings. The van der Waals surface area contributed by atoms with E-state index < -0.39 is 0 Å². The normalized spacial score (nSPS) is 14.1. The quantitative estimate of drug-likeness (QED) is 0.396. The molecule has 0 saturated heterocycles. The van der Waals surface area contributed by atoms with Crippen molar-refractivity contribution in [1.29, 1.82) is 0 Å². The number of esters is 1. The molecule has 0 N–H and O–H groups in total. The Labute approximate surface area is 169 Å². The van der Waals surface area contributed by atoms with Crippen LogP contribution in [0.4, 0.5) is 0 Å². The molecule has 0 bridgehead atoms. The van der Waals surface area contributed by atoms with E-state index in [2.05, 4.69) is 36.4 Å². The fraction of sp³-hybridized carbons (Fsp3) is 0.0741. The van der Waals surface area contributed by atoms with E-state index in [9.17, 15) is 4.79 Å². The van der Waals surface area contributed by atoms with E-state index in [0.717, 1.165) is 44.5 Å². The third kappa shape index (κ3) is 2.32. The lowest BCUT2D eigenvalue weighted by Gasteiger charge is -2.19. The van der Waals surface area contributed by atoms with E-state index >= 15 is 0 Å². The van der Waals surface area contributed by atoms with E-state index in [0.29, 0.717) is 0 Å². The zero-order valence-electron chi connectivity index (χ0n) is 15.7. The van der Waals surface area contributed by atoms with Crippen LogP contribution in [0.5, 0.6) is 0 Å². The van der Waals surface area contributed by atoms with Gasteiger partial charge in [-0.1, -0.05) is 97.1 Å². The van der Waals surface area contributed by atoms with Gasteiger partial charge in [-0.05, 0) is 33.4 Å². The van der Waals surface area contributed by atoms with Gasteiger partial charge in [-0.15, -0.1) is 0 Å². The fourth-order valence-electron chi connectivity index (χ4n) is 4.83. The maximum absolute atomic E-state index is 13.5. The monoisotopic (exact) mass is 374 g/mol. The third-order valence-corrected chi connectivity index (χ3v) is 6.08. The van der Waals surface area contributed by atoms with Gasteiger partial charge in [0.2, 0.25) is 0 Å². The number of fused-ring (bicyclic) bond motifs is 6. The summed E-state index contributed by atoms with van der Waals surface area (Å²) in [5.41, 5.74) is 8.70. The van der Waals surface area contributed by atoms with Crippen LogP contribution in [0.2, 0.25) is 0 Å². The van der Waals surface area contributed by atoms with Crippen molar-refractivity contribution >= 4 is 5.97 Å². The van der Waals surface area contributed by atoms with Crippen molar-refractivity contribution in [3.63, 3.8) is 0 Å². The van der Waals surface area contributed by atoms with Crippen molar-refractivity contribution in [2.24, 2.45) is 0 Å². The first-order chi connectivity index (χ1) is 14.3. The first-order valence-electron chi connectivity index (χ1n) is 9.90. The fourth-order valence-corrected chi connectivity index (χ4v) is 4.83. The van der Waals surface area contributed by atoms with E-state index in [4.69, 9.17) is 4.74 Å². The number of ether oxygens (including phenoxy) is 1. The van der Waals surface area contributed by atoms with Crippen molar-refractivity contribution in [1.82, 2.24) is 0 Å². The summed E-state index contributed by atoms with van der Waals surface area (Å²) in [6.45, 7) is 0. The molecule has 0 heterocycles. The molecule has 0 unspecified atom stereocenters. The first kappa shape index (κ1) is 16.3. The zero-order valence-corrected chi connectivity index (χ0v) is 15.7. The van der Waals surface area contributed by atoms with E-state index in [1.807, 2.05) is 60.7 Å². The number of hydrogen-bond acceptors (Lipinski definition) is 2. The Hall–Kier alpha value is -3.65. The van der Waals surface area contributed by atoms with Crippen LogP contribution in [0.15, 0.2) is 97.1 Å². The van der Waals surface area contributed by atoms with Gasteiger partial charge in [0.25, 0.3) is 0 Å². The maximum atomic E-state index is 13.5. The number of hydrogen-bond donors (Lipinski definition) is 0. The molecule has 0 aliphatic heterocycles. The number of benzene rings is 4.